The lowest BCUT2D eigenvalue weighted by atomic mass is 10.1. The molecule has 0 saturated heterocycles. The average molecular weight is 419 g/mol. The van der Waals surface area contributed by atoms with E-state index in [4.69, 9.17) is 10.5 Å². The average Bonchev–Trinajstić information content (AvgIpc) is 2.41. The van der Waals surface area contributed by atoms with Gasteiger partial charge in [-0.15, -0.1) is 24.0 Å². The van der Waals surface area contributed by atoms with Crippen LogP contribution < -0.4 is 11.1 Å². The van der Waals surface area contributed by atoms with E-state index >= 15 is 0 Å². The van der Waals surface area contributed by atoms with Crippen LogP contribution in [0.2, 0.25) is 0 Å². The van der Waals surface area contributed by atoms with E-state index in [-0.39, 0.29) is 29.9 Å². The summed E-state index contributed by atoms with van der Waals surface area (Å²) in [5.74, 6) is 0.0879. The van der Waals surface area contributed by atoms with Crippen LogP contribution in [0.3, 0.4) is 0 Å². The van der Waals surface area contributed by atoms with Crippen LogP contribution in [0.1, 0.15) is 50.0 Å². The fraction of sp³-hybridized carbons (Fsp3) is 0.500. The molecule has 124 valence electrons. The summed E-state index contributed by atoms with van der Waals surface area (Å²) in [4.78, 5) is 16.2. The standard InChI is InChI=1S/C16H25N3O2.HI/c1-5-9-18-15(17)19-11-12-7-6-8-13(10-12)14(20)21-16(2,3)4;/h6-8,10H,5,9,11H2,1-4H3,(H3,17,18,19);1H. The number of guanidine groups is 1. The molecule has 5 nitrogen and oxygen atoms in total. The van der Waals surface area contributed by atoms with Crippen molar-refractivity contribution in [1.29, 1.82) is 0 Å². The summed E-state index contributed by atoms with van der Waals surface area (Å²) in [5, 5.41) is 3.01. The zero-order valence-electron chi connectivity index (χ0n) is 13.7. The topological polar surface area (TPSA) is 76.7 Å². The molecule has 0 aliphatic carbocycles. The molecule has 1 rings (SSSR count). The van der Waals surface area contributed by atoms with Crippen LogP contribution in [0.15, 0.2) is 29.3 Å². The maximum atomic E-state index is 12.0. The Labute approximate surface area is 149 Å². The third kappa shape index (κ3) is 8.21. The normalized spacial score (nSPS) is 11.5. The lowest BCUT2D eigenvalue weighted by Gasteiger charge is -2.19. The van der Waals surface area contributed by atoms with Crippen LogP contribution in [-0.2, 0) is 11.3 Å². The van der Waals surface area contributed by atoms with E-state index in [0.717, 1.165) is 18.5 Å². The van der Waals surface area contributed by atoms with Gasteiger partial charge in [0, 0.05) is 6.54 Å². The van der Waals surface area contributed by atoms with E-state index in [0.29, 0.717) is 18.1 Å². The highest BCUT2D eigenvalue weighted by atomic mass is 127. The highest BCUT2D eigenvalue weighted by Gasteiger charge is 2.17. The minimum Gasteiger partial charge on any atom is -0.456 e. The van der Waals surface area contributed by atoms with Crippen molar-refractivity contribution in [2.45, 2.75) is 46.3 Å². The number of benzene rings is 1. The molecule has 22 heavy (non-hydrogen) atoms. The van der Waals surface area contributed by atoms with Gasteiger partial charge in [-0.25, -0.2) is 9.79 Å². The molecule has 1 aromatic rings. The number of nitrogens with zero attached hydrogens (tertiary/aromatic N) is 1. The highest BCUT2D eigenvalue weighted by Crippen LogP contribution is 2.13. The van der Waals surface area contributed by atoms with E-state index in [1.54, 1.807) is 12.1 Å². The summed E-state index contributed by atoms with van der Waals surface area (Å²) in [5.41, 5.74) is 6.68. The molecule has 3 N–H and O–H groups in total. The van der Waals surface area contributed by atoms with E-state index in [1.165, 1.54) is 0 Å². The Kier molecular flexibility index (Phi) is 9.08. The number of esters is 1. The molecule has 6 heteroatoms. The Morgan fingerprint density at radius 1 is 1.36 bits per heavy atom. The predicted molar refractivity (Wildman–Crippen MR) is 101 cm³/mol. The molecule has 0 aromatic heterocycles. The molecular weight excluding hydrogens is 393 g/mol. The largest absolute Gasteiger partial charge is 0.456 e. The molecule has 0 saturated carbocycles. The first-order valence-corrected chi connectivity index (χ1v) is 7.18. The van der Waals surface area contributed by atoms with Gasteiger partial charge in [-0.1, -0.05) is 19.1 Å². The lowest BCUT2D eigenvalue weighted by molar-refractivity contribution is 0.00694. The lowest BCUT2D eigenvalue weighted by Crippen LogP contribution is -2.32. The maximum absolute atomic E-state index is 12.0. The quantitative estimate of drug-likeness (QED) is 0.333. The van der Waals surface area contributed by atoms with E-state index in [1.807, 2.05) is 32.9 Å². The minimum atomic E-state index is -0.500. The summed E-state index contributed by atoms with van der Waals surface area (Å²) < 4.78 is 5.35. The molecular formula is C16H26IN3O2. The van der Waals surface area contributed by atoms with Crippen LogP contribution in [-0.4, -0.2) is 24.1 Å². The summed E-state index contributed by atoms with van der Waals surface area (Å²) >= 11 is 0. The number of hydrogen-bond donors (Lipinski definition) is 2. The van der Waals surface area contributed by atoms with Gasteiger partial charge in [0.2, 0.25) is 0 Å². The van der Waals surface area contributed by atoms with E-state index in [2.05, 4.69) is 17.2 Å². The van der Waals surface area contributed by atoms with Crippen molar-refractivity contribution in [3.63, 3.8) is 0 Å². The molecule has 0 aliphatic rings. The molecule has 0 aliphatic heterocycles. The number of carbonyl (C=O) groups excluding carboxylic acids is 1. The third-order valence-corrected chi connectivity index (χ3v) is 2.55. The van der Waals surface area contributed by atoms with Gasteiger partial charge >= 0.3 is 5.97 Å². The van der Waals surface area contributed by atoms with Gasteiger partial charge in [-0.05, 0) is 44.9 Å². The minimum absolute atomic E-state index is 0. The maximum Gasteiger partial charge on any atom is 0.338 e. The number of rotatable bonds is 5. The molecule has 0 fully saturated rings. The smallest absolute Gasteiger partial charge is 0.338 e. The van der Waals surface area contributed by atoms with Crippen LogP contribution in [0, 0.1) is 0 Å². The summed E-state index contributed by atoms with van der Waals surface area (Å²) in [7, 11) is 0. The van der Waals surface area contributed by atoms with E-state index < -0.39 is 5.60 Å². The predicted octanol–water partition coefficient (Wildman–Crippen LogP) is 3.07. The van der Waals surface area contributed by atoms with Crippen LogP contribution in [0.4, 0.5) is 0 Å². The first-order chi connectivity index (χ1) is 9.81. The Morgan fingerprint density at radius 3 is 2.64 bits per heavy atom. The number of nitrogens with two attached hydrogens (primary N) is 1. The van der Waals surface area contributed by atoms with Crippen molar-refractivity contribution in [2.75, 3.05) is 6.54 Å². The third-order valence-electron chi connectivity index (χ3n) is 2.55. The molecule has 0 radical (unpaired) electrons. The number of carbonyl (C=O) groups is 1. The Hall–Kier alpha value is -1.31. The monoisotopic (exact) mass is 419 g/mol. The summed E-state index contributed by atoms with van der Waals surface area (Å²) in [6.45, 7) is 8.83. The fourth-order valence-corrected chi connectivity index (χ4v) is 1.62. The number of aliphatic imine (C=N–C) groups is 1. The van der Waals surface area contributed by atoms with Crippen molar-refractivity contribution in [1.82, 2.24) is 5.32 Å². The van der Waals surface area contributed by atoms with Gasteiger partial charge in [-0.3, -0.25) is 0 Å². The van der Waals surface area contributed by atoms with Crippen molar-refractivity contribution in [2.24, 2.45) is 10.7 Å². The van der Waals surface area contributed by atoms with Crippen LogP contribution >= 0.6 is 24.0 Å². The molecule has 0 amide bonds. The van der Waals surface area contributed by atoms with Gasteiger partial charge in [0.05, 0.1) is 12.1 Å². The fourth-order valence-electron chi connectivity index (χ4n) is 1.62. The van der Waals surface area contributed by atoms with Gasteiger partial charge in [-0.2, -0.15) is 0 Å². The van der Waals surface area contributed by atoms with Crippen LogP contribution in [0.5, 0.6) is 0 Å². The van der Waals surface area contributed by atoms with Crippen molar-refractivity contribution in [3.05, 3.63) is 35.4 Å². The zero-order chi connectivity index (χ0) is 15.9. The summed E-state index contributed by atoms with van der Waals surface area (Å²) in [6, 6.07) is 7.24. The number of halogens is 1. The number of hydrogen-bond acceptors (Lipinski definition) is 3. The van der Waals surface area contributed by atoms with Gasteiger partial charge in [0.15, 0.2) is 5.96 Å². The molecule has 1 aromatic carbocycles. The Bertz CT molecular complexity index is 510. The van der Waals surface area contributed by atoms with E-state index in [9.17, 15) is 4.79 Å². The molecule has 0 unspecified atom stereocenters. The second kappa shape index (κ2) is 9.66. The second-order valence-corrected chi connectivity index (χ2v) is 5.83. The number of nitrogens with one attached hydrogen (secondary N) is 1. The molecule has 0 bridgehead atoms. The Morgan fingerprint density at radius 2 is 2.05 bits per heavy atom. The molecule has 0 spiro atoms. The Balaban J connectivity index is 0.00000441. The van der Waals surface area contributed by atoms with Crippen molar-refractivity contribution >= 4 is 35.9 Å². The number of ether oxygens (including phenoxy) is 1. The first-order valence-electron chi connectivity index (χ1n) is 7.18. The van der Waals surface area contributed by atoms with Crippen molar-refractivity contribution in [3.8, 4) is 0 Å². The van der Waals surface area contributed by atoms with Crippen molar-refractivity contribution < 1.29 is 9.53 Å². The zero-order valence-corrected chi connectivity index (χ0v) is 16.0. The van der Waals surface area contributed by atoms with Gasteiger partial charge < -0.3 is 15.8 Å². The molecule has 0 atom stereocenters. The molecule has 0 heterocycles. The first kappa shape index (κ1) is 20.7. The SMILES string of the molecule is CCCNC(N)=NCc1cccc(C(=O)OC(C)(C)C)c1.I. The second-order valence-electron chi connectivity index (χ2n) is 5.83. The van der Waals surface area contributed by atoms with Gasteiger partial charge in [0.25, 0.3) is 0 Å². The van der Waals surface area contributed by atoms with Gasteiger partial charge in [0.1, 0.15) is 5.60 Å². The highest BCUT2D eigenvalue weighted by molar-refractivity contribution is 14.0. The van der Waals surface area contributed by atoms with Crippen LogP contribution in [0.25, 0.3) is 0 Å². The summed E-state index contributed by atoms with van der Waals surface area (Å²) in [6.07, 6.45) is 0.990.